The van der Waals surface area contributed by atoms with E-state index in [1.165, 1.54) is 17.1 Å². The van der Waals surface area contributed by atoms with Gasteiger partial charge < -0.3 is 0 Å². The van der Waals surface area contributed by atoms with Gasteiger partial charge in [0, 0.05) is 6.42 Å². The van der Waals surface area contributed by atoms with E-state index < -0.39 is 11.7 Å². The molecule has 1 heterocycles. The zero-order chi connectivity index (χ0) is 19.7. The number of hydrazone groups is 1. The number of rotatable bonds is 3. The number of hydrogen-bond donors (Lipinski definition) is 0. The van der Waals surface area contributed by atoms with Crippen molar-refractivity contribution in [1.29, 1.82) is 0 Å². The molecule has 1 aliphatic heterocycles. The normalized spacial score (nSPS) is 16.2. The molecule has 1 aliphatic rings. The van der Waals surface area contributed by atoms with Gasteiger partial charge in [-0.15, -0.1) is 0 Å². The van der Waals surface area contributed by atoms with Crippen LogP contribution < -0.4 is 0 Å². The number of halogens is 1. The average molecular weight is 372 g/mol. The van der Waals surface area contributed by atoms with E-state index in [-0.39, 0.29) is 11.6 Å². The predicted octanol–water partition coefficient (Wildman–Crippen LogP) is 5.43. The third-order valence-corrected chi connectivity index (χ3v) is 5.07. The van der Waals surface area contributed by atoms with Gasteiger partial charge in [0.2, 0.25) is 0 Å². The van der Waals surface area contributed by atoms with Gasteiger partial charge in [0.25, 0.3) is 5.91 Å². The van der Waals surface area contributed by atoms with Crippen LogP contribution in [0, 0.1) is 19.7 Å². The summed E-state index contributed by atoms with van der Waals surface area (Å²) in [5, 5.41) is 6.05. The molecule has 140 valence electrons. The van der Waals surface area contributed by atoms with E-state index >= 15 is 0 Å². The first-order valence-electron chi connectivity index (χ1n) is 9.32. The zero-order valence-corrected chi connectivity index (χ0v) is 15.9. The molecule has 0 bridgehead atoms. The average Bonchev–Trinajstić information content (AvgIpc) is 3.14. The first-order valence-corrected chi connectivity index (χ1v) is 9.32. The molecule has 0 saturated carbocycles. The van der Waals surface area contributed by atoms with Crippen molar-refractivity contribution in [2.45, 2.75) is 26.3 Å². The van der Waals surface area contributed by atoms with Gasteiger partial charge in [0.1, 0.15) is 5.82 Å². The van der Waals surface area contributed by atoms with Crippen molar-refractivity contribution in [3.63, 3.8) is 0 Å². The fraction of sp³-hybridized carbons (Fsp3) is 0.167. The highest BCUT2D eigenvalue weighted by Gasteiger charge is 2.34. The highest BCUT2D eigenvalue weighted by Crippen LogP contribution is 2.34. The maximum atomic E-state index is 14.2. The van der Waals surface area contributed by atoms with Crippen LogP contribution in [0.3, 0.4) is 0 Å². The Kier molecular flexibility index (Phi) is 4.78. The molecular weight excluding hydrogens is 351 g/mol. The molecular formula is C24H21FN2O. The molecule has 4 rings (SSSR count). The summed E-state index contributed by atoms with van der Waals surface area (Å²) >= 11 is 0. The first kappa shape index (κ1) is 18.1. The largest absolute Gasteiger partial charge is 0.277 e. The van der Waals surface area contributed by atoms with Gasteiger partial charge >= 0.3 is 0 Å². The highest BCUT2D eigenvalue weighted by atomic mass is 19.1. The monoisotopic (exact) mass is 372 g/mol. The second kappa shape index (κ2) is 7.39. The van der Waals surface area contributed by atoms with E-state index in [0.717, 1.165) is 28.0 Å². The standard InChI is InChI=1S/C24H21FN2O/c1-16-7-11-18(12-8-16)22-15-23(19-13-9-17(2)10-14-19)27(26-22)24(28)20-5-3-4-6-21(20)25/h3-14,23H,15H2,1-2H3. The summed E-state index contributed by atoms with van der Waals surface area (Å²) < 4.78 is 14.2. The van der Waals surface area contributed by atoms with E-state index in [1.807, 2.05) is 62.4 Å². The molecule has 3 nitrogen and oxygen atoms in total. The molecule has 0 radical (unpaired) electrons. The van der Waals surface area contributed by atoms with Crippen molar-refractivity contribution < 1.29 is 9.18 Å². The summed E-state index contributed by atoms with van der Waals surface area (Å²) in [6.45, 7) is 4.05. The Bertz CT molecular complexity index is 1040. The van der Waals surface area contributed by atoms with Crippen molar-refractivity contribution in [2.75, 3.05) is 0 Å². The Balaban J connectivity index is 1.75. The minimum absolute atomic E-state index is 0.0357. The summed E-state index contributed by atoms with van der Waals surface area (Å²) in [6.07, 6.45) is 0.590. The van der Waals surface area contributed by atoms with Gasteiger partial charge in [-0.3, -0.25) is 4.79 Å². The van der Waals surface area contributed by atoms with Gasteiger partial charge in [-0.2, -0.15) is 5.10 Å². The van der Waals surface area contributed by atoms with Crippen molar-refractivity contribution in [2.24, 2.45) is 5.10 Å². The van der Waals surface area contributed by atoms with Crippen LogP contribution in [-0.2, 0) is 0 Å². The van der Waals surface area contributed by atoms with E-state index in [2.05, 4.69) is 5.10 Å². The van der Waals surface area contributed by atoms with Gasteiger partial charge in [-0.25, -0.2) is 9.40 Å². The van der Waals surface area contributed by atoms with Gasteiger partial charge in [-0.05, 0) is 37.1 Å². The molecule has 0 aromatic heterocycles. The molecule has 1 amide bonds. The number of hydrogen-bond acceptors (Lipinski definition) is 2. The minimum atomic E-state index is -0.533. The van der Waals surface area contributed by atoms with Crippen LogP contribution in [0.1, 0.15) is 45.1 Å². The number of benzene rings is 3. The number of amides is 1. The predicted molar refractivity (Wildman–Crippen MR) is 109 cm³/mol. The van der Waals surface area contributed by atoms with Gasteiger partial charge in [0.05, 0.1) is 17.3 Å². The van der Waals surface area contributed by atoms with E-state index in [1.54, 1.807) is 12.1 Å². The number of aryl methyl sites for hydroxylation is 2. The minimum Gasteiger partial charge on any atom is -0.267 e. The summed E-state index contributed by atoms with van der Waals surface area (Å²) in [7, 11) is 0. The number of carbonyl (C=O) groups excluding carboxylic acids is 1. The quantitative estimate of drug-likeness (QED) is 0.603. The van der Waals surface area contributed by atoms with Crippen molar-refractivity contribution in [1.82, 2.24) is 5.01 Å². The molecule has 0 fully saturated rings. The molecule has 0 aliphatic carbocycles. The van der Waals surface area contributed by atoms with Crippen LogP contribution in [0.5, 0.6) is 0 Å². The van der Waals surface area contributed by atoms with E-state index in [0.29, 0.717) is 6.42 Å². The molecule has 0 N–H and O–H groups in total. The maximum Gasteiger partial charge on any atom is 0.277 e. The topological polar surface area (TPSA) is 32.7 Å². The Morgan fingerprint density at radius 2 is 1.54 bits per heavy atom. The second-order valence-corrected chi connectivity index (χ2v) is 7.17. The molecule has 3 aromatic rings. The third kappa shape index (κ3) is 3.46. The summed E-state index contributed by atoms with van der Waals surface area (Å²) in [5.74, 6) is -0.958. The van der Waals surface area contributed by atoms with Crippen molar-refractivity contribution >= 4 is 11.6 Å². The Labute approximate surface area is 164 Å². The highest BCUT2D eigenvalue weighted by molar-refractivity contribution is 6.05. The summed E-state index contributed by atoms with van der Waals surface area (Å²) in [6, 6.07) is 21.9. The van der Waals surface area contributed by atoms with Gasteiger partial charge in [0.15, 0.2) is 0 Å². The van der Waals surface area contributed by atoms with Crippen LogP contribution in [0.15, 0.2) is 77.9 Å². The lowest BCUT2D eigenvalue weighted by Gasteiger charge is -2.22. The fourth-order valence-corrected chi connectivity index (χ4v) is 3.42. The van der Waals surface area contributed by atoms with E-state index in [4.69, 9.17) is 0 Å². The maximum absolute atomic E-state index is 14.2. The van der Waals surface area contributed by atoms with E-state index in [9.17, 15) is 9.18 Å². The molecule has 1 unspecified atom stereocenters. The Hall–Kier alpha value is -3.27. The number of carbonyl (C=O) groups is 1. The molecule has 1 atom stereocenters. The molecule has 0 saturated heterocycles. The fourth-order valence-electron chi connectivity index (χ4n) is 3.42. The van der Waals surface area contributed by atoms with Crippen LogP contribution in [-0.4, -0.2) is 16.6 Å². The number of nitrogens with zero attached hydrogens (tertiary/aromatic N) is 2. The van der Waals surface area contributed by atoms with Gasteiger partial charge in [-0.1, -0.05) is 71.8 Å². The summed E-state index contributed by atoms with van der Waals surface area (Å²) in [4.78, 5) is 13.1. The Morgan fingerprint density at radius 3 is 2.18 bits per heavy atom. The van der Waals surface area contributed by atoms with Crippen LogP contribution in [0.2, 0.25) is 0 Å². The van der Waals surface area contributed by atoms with Crippen molar-refractivity contribution in [3.8, 4) is 0 Å². The SMILES string of the molecule is Cc1ccc(C2=NN(C(=O)c3ccccc3F)C(c3ccc(C)cc3)C2)cc1. The Morgan fingerprint density at radius 1 is 0.929 bits per heavy atom. The lowest BCUT2D eigenvalue weighted by atomic mass is 9.97. The summed E-state index contributed by atoms with van der Waals surface area (Å²) in [5.41, 5.74) is 5.14. The molecule has 0 spiro atoms. The third-order valence-electron chi connectivity index (χ3n) is 5.07. The molecule has 3 aromatic carbocycles. The van der Waals surface area contributed by atoms with Crippen molar-refractivity contribution in [3.05, 3.63) is 106 Å². The second-order valence-electron chi connectivity index (χ2n) is 7.17. The first-order chi connectivity index (χ1) is 13.5. The zero-order valence-electron chi connectivity index (χ0n) is 15.9. The smallest absolute Gasteiger partial charge is 0.267 e. The lowest BCUT2D eigenvalue weighted by molar-refractivity contribution is 0.0706. The van der Waals surface area contributed by atoms with Crippen LogP contribution in [0.25, 0.3) is 0 Å². The molecule has 4 heteroatoms. The van der Waals surface area contributed by atoms with Crippen LogP contribution >= 0.6 is 0 Å². The molecule has 28 heavy (non-hydrogen) atoms. The lowest BCUT2D eigenvalue weighted by Crippen LogP contribution is -2.27. The van der Waals surface area contributed by atoms with Crippen LogP contribution in [0.4, 0.5) is 4.39 Å².